The zero-order chi connectivity index (χ0) is 18.4. The van der Waals surface area contributed by atoms with Crippen molar-refractivity contribution in [3.63, 3.8) is 0 Å². The molecule has 5 heteroatoms. The van der Waals surface area contributed by atoms with E-state index in [1.165, 1.54) is 6.08 Å². The normalized spacial score (nSPS) is 10.7. The minimum absolute atomic E-state index is 0.0933. The number of ketones is 1. The zero-order valence-electron chi connectivity index (χ0n) is 14.3. The number of methoxy groups -OCH3 is 1. The monoisotopic (exact) mass is 345 g/mol. The Balaban J connectivity index is 1.77. The lowest BCUT2D eigenvalue weighted by Gasteiger charge is -2.09. The molecule has 130 valence electrons. The summed E-state index contributed by atoms with van der Waals surface area (Å²) in [5.41, 5.74) is 8.56. The van der Waals surface area contributed by atoms with Crippen LogP contribution in [0.3, 0.4) is 0 Å². The lowest BCUT2D eigenvalue weighted by molar-refractivity contribution is 0.104. The van der Waals surface area contributed by atoms with Crippen LogP contribution < -0.4 is 15.8 Å². The highest BCUT2D eigenvalue weighted by atomic mass is 16.5. The molecule has 3 N–H and O–H groups in total. The number of carbonyl (C=O) groups is 1. The van der Waals surface area contributed by atoms with Gasteiger partial charge in [0.05, 0.1) is 7.11 Å². The van der Waals surface area contributed by atoms with Gasteiger partial charge in [0.1, 0.15) is 11.6 Å². The number of nitrogens with two attached hydrogens (primary N) is 1. The molecule has 2 aromatic carbocycles. The fraction of sp³-hybridized carbons (Fsp3) is 0.0476. The molecular weight excluding hydrogens is 326 g/mol. The molecule has 3 rings (SSSR count). The van der Waals surface area contributed by atoms with Gasteiger partial charge in [0.25, 0.3) is 0 Å². The average Bonchev–Trinajstić information content (AvgIpc) is 2.68. The van der Waals surface area contributed by atoms with Gasteiger partial charge in [-0.1, -0.05) is 0 Å². The van der Waals surface area contributed by atoms with Gasteiger partial charge in [-0.05, 0) is 72.8 Å². The number of ether oxygens (including phenoxy) is 1. The van der Waals surface area contributed by atoms with Crippen LogP contribution in [0.2, 0.25) is 0 Å². The highest BCUT2D eigenvalue weighted by Crippen LogP contribution is 2.22. The van der Waals surface area contributed by atoms with Crippen molar-refractivity contribution in [1.82, 2.24) is 4.98 Å². The summed E-state index contributed by atoms with van der Waals surface area (Å²) in [7, 11) is 1.63. The lowest BCUT2D eigenvalue weighted by atomic mass is 10.1. The summed E-state index contributed by atoms with van der Waals surface area (Å²) in [6.07, 6.45) is 4.98. The Morgan fingerprint density at radius 2 is 1.81 bits per heavy atom. The molecular formula is C21H19N3O2. The minimum Gasteiger partial charge on any atom is -0.497 e. The molecule has 5 nitrogen and oxygen atoms in total. The first-order valence-electron chi connectivity index (χ1n) is 8.10. The number of carbonyl (C=O) groups excluding carboxylic acids is 1. The maximum Gasteiger partial charge on any atom is 0.185 e. The average molecular weight is 345 g/mol. The van der Waals surface area contributed by atoms with E-state index in [4.69, 9.17) is 10.5 Å². The predicted octanol–water partition coefficient (Wildman–Crippen LogP) is 4.31. The fourth-order valence-electron chi connectivity index (χ4n) is 2.38. The SMILES string of the molecule is COc1ccc(Nc2ncccc2/C=C/C(=O)c2ccc(N)cc2)cc1. The van der Waals surface area contributed by atoms with Crippen molar-refractivity contribution < 1.29 is 9.53 Å². The second kappa shape index (κ2) is 7.98. The van der Waals surface area contributed by atoms with E-state index in [9.17, 15) is 4.79 Å². The molecule has 0 aliphatic rings. The van der Waals surface area contributed by atoms with E-state index < -0.39 is 0 Å². The molecule has 0 radical (unpaired) electrons. The van der Waals surface area contributed by atoms with E-state index >= 15 is 0 Å². The number of pyridine rings is 1. The van der Waals surface area contributed by atoms with Crippen LogP contribution in [0.5, 0.6) is 5.75 Å². The third-order valence-electron chi connectivity index (χ3n) is 3.80. The van der Waals surface area contributed by atoms with Crippen molar-refractivity contribution in [3.05, 3.63) is 84.1 Å². The molecule has 0 atom stereocenters. The van der Waals surface area contributed by atoms with Crippen LogP contribution >= 0.6 is 0 Å². The Morgan fingerprint density at radius 3 is 2.50 bits per heavy atom. The minimum atomic E-state index is -0.0933. The van der Waals surface area contributed by atoms with E-state index in [0.29, 0.717) is 17.1 Å². The number of hydrogen-bond acceptors (Lipinski definition) is 5. The number of nitrogens with one attached hydrogen (secondary N) is 1. The molecule has 0 spiro atoms. The van der Waals surface area contributed by atoms with Crippen LogP contribution in [-0.2, 0) is 0 Å². The van der Waals surface area contributed by atoms with Gasteiger partial charge in [0.15, 0.2) is 5.78 Å². The molecule has 1 heterocycles. The summed E-state index contributed by atoms with van der Waals surface area (Å²) >= 11 is 0. The van der Waals surface area contributed by atoms with Crippen LogP contribution in [-0.4, -0.2) is 17.9 Å². The highest BCUT2D eigenvalue weighted by Gasteiger charge is 2.04. The van der Waals surface area contributed by atoms with Crippen molar-refractivity contribution in [2.75, 3.05) is 18.2 Å². The number of nitrogens with zero attached hydrogens (tertiary/aromatic N) is 1. The van der Waals surface area contributed by atoms with E-state index in [1.54, 1.807) is 43.6 Å². The quantitative estimate of drug-likeness (QED) is 0.395. The van der Waals surface area contributed by atoms with E-state index in [0.717, 1.165) is 17.0 Å². The first-order valence-corrected chi connectivity index (χ1v) is 8.10. The number of aromatic nitrogens is 1. The van der Waals surface area contributed by atoms with E-state index in [2.05, 4.69) is 10.3 Å². The van der Waals surface area contributed by atoms with Gasteiger partial charge < -0.3 is 15.8 Å². The van der Waals surface area contributed by atoms with Crippen LogP contribution in [0, 0.1) is 0 Å². The maximum absolute atomic E-state index is 12.3. The van der Waals surface area contributed by atoms with Gasteiger partial charge in [-0.15, -0.1) is 0 Å². The first-order chi connectivity index (χ1) is 12.7. The second-order valence-electron chi connectivity index (χ2n) is 5.61. The number of nitrogen functional groups attached to an aromatic ring is 1. The van der Waals surface area contributed by atoms with Crippen molar-refractivity contribution >= 4 is 29.1 Å². The third kappa shape index (κ3) is 4.27. The van der Waals surface area contributed by atoms with E-state index in [1.807, 2.05) is 36.4 Å². The van der Waals surface area contributed by atoms with Crippen LogP contribution in [0.4, 0.5) is 17.2 Å². The first kappa shape index (κ1) is 17.2. The summed E-state index contributed by atoms with van der Waals surface area (Å²) in [4.78, 5) is 16.6. The Bertz CT molecular complexity index is 917. The van der Waals surface area contributed by atoms with Crippen LogP contribution in [0.25, 0.3) is 6.08 Å². The van der Waals surface area contributed by atoms with Crippen molar-refractivity contribution in [1.29, 1.82) is 0 Å². The van der Waals surface area contributed by atoms with Crippen LogP contribution in [0.1, 0.15) is 15.9 Å². The van der Waals surface area contributed by atoms with Gasteiger partial charge >= 0.3 is 0 Å². The molecule has 0 amide bonds. The van der Waals surface area contributed by atoms with Gasteiger partial charge in [-0.3, -0.25) is 4.79 Å². The highest BCUT2D eigenvalue weighted by molar-refractivity contribution is 6.07. The molecule has 0 aliphatic carbocycles. The number of rotatable bonds is 6. The molecule has 3 aromatic rings. The molecule has 1 aromatic heterocycles. The van der Waals surface area contributed by atoms with Gasteiger partial charge in [0.2, 0.25) is 0 Å². The Labute approximate surface area is 152 Å². The number of benzene rings is 2. The standard InChI is InChI=1S/C21H19N3O2/c1-26-19-11-9-18(10-12-19)24-21-16(3-2-14-23-21)6-13-20(25)15-4-7-17(22)8-5-15/h2-14H,22H2,1H3,(H,23,24)/b13-6+. The lowest BCUT2D eigenvalue weighted by Crippen LogP contribution is -1.97. The zero-order valence-corrected chi connectivity index (χ0v) is 14.3. The predicted molar refractivity (Wildman–Crippen MR) is 105 cm³/mol. The van der Waals surface area contributed by atoms with Gasteiger partial charge in [-0.25, -0.2) is 4.98 Å². The Morgan fingerprint density at radius 1 is 1.08 bits per heavy atom. The number of allylic oxidation sites excluding steroid dienone is 1. The summed E-state index contributed by atoms with van der Waals surface area (Å²) < 4.78 is 5.16. The van der Waals surface area contributed by atoms with E-state index in [-0.39, 0.29) is 5.78 Å². The number of hydrogen-bond donors (Lipinski definition) is 2. The van der Waals surface area contributed by atoms with Gasteiger partial charge in [0, 0.05) is 28.7 Å². The second-order valence-corrected chi connectivity index (χ2v) is 5.61. The molecule has 0 saturated carbocycles. The Hall–Kier alpha value is -3.60. The third-order valence-corrected chi connectivity index (χ3v) is 3.80. The summed E-state index contributed by atoms with van der Waals surface area (Å²) in [6, 6.07) is 18.1. The summed E-state index contributed by atoms with van der Waals surface area (Å²) in [5.74, 6) is 1.36. The molecule has 26 heavy (non-hydrogen) atoms. The molecule has 0 saturated heterocycles. The largest absolute Gasteiger partial charge is 0.497 e. The molecule has 0 bridgehead atoms. The van der Waals surface area contributed by atoms with Gasteiger partial charge in [-0.2, -0.15) is 0 Å². The number of anilines is 3. The summed E-state index contributed by atoms with van der Waals surface area (Å²) in [5, 5.41) is 3.25. The van der Waals surface area contributed by atoms with Crippen molar-refractivity contribution in [2.45, 2.75) is 0 Å². The Kier molecular flexibility index (Phi) is 5.29. The van der Waals surface area contributed by atoms with Crippen molar-refractivity contribution in [2.24, 2.45) is 0 Å². The smallest absolute Gasteiger partial charge is 0.185 e. The molecule has 0 aliphatic heterocycles. The maximum atomic E-state index is 12.3. The molecule has 0 fully saturated rings. The summed E-state index contributed by atoms with van der Waals surface area (Å²) in [6.45, 7) is 0. The molecule has 0 unspecified atom stereocenters. The fourth-order valence-corrected chi connectivity index (χ4v) is 2.38. The topological polar surface area (TPSA) is 77.2 Å². The van der Waals surface area contributed by atoms with Crippen LogP contribution in [0.15, 0.2) is 72.9 Å². The van der Waals surface area contributed by atoms with Crippen molar-refractivity contribution in [3.8, 4) is 5.75 Å².